The van der Waals surface area contributed by atoms with Crippen LogP contribution < -0.4 is 9.47 Å². The first kappa shape index (κ1) is 36.0. The Bertz CT molecular complexity index is 1710. The van der Waals surface area contributed by atoms with Gasteiger partial charge in [0.05, 0.1) is 37.6 Å². The van der Waals surface area contributed by atoms with Gasteiger partial charge in [-0.25, -0.2) is 14.4 Å². The molecule has 0 bridgehead atoms. The molecule has 0 amide bonds. The standard InChI is InChI=1S/C40H38O9/c1-3-35(41)28-45-24-7-27-48-39(43)33-12-8-29(9-13-33)32-18-22-37(23-19-32)49-40(44)34-14-10-30(11-15-34)31-16-20-36(21-17-31)46-25-5-6-26-47-38(42)4-2/h3-4,8-23H,1-2,5-7,24-28H2. The maximum absolute atomic E-state index is 12.8. The van der Waals surface area contributed by atoms with Gasteiger partial charge in [-0.05, 0) is 89.7 Å². The number of esters is 3. The van der Waals surface area contributed by atoms with Crippen molar-refractivity contribution in [3.63, 3.8) is 0 Å². The van der Waals surface area contributed by atoms with Crippen LogP contribution in [0, 0.1) is 0 Å². The topological polar surface area (TPSA) is 114 Å². The van der Waals surface area contributed by atoms with E-state index in [-0.39, 0.29) is 19.0 Å². The highest BCUT2D eigenvalue weighted by Gasteiger charge is 2.11. The minimum Gasteiger partial charge on any atom is -0.494 e. The van der Waals surface area contributed by atoms with Crippen LogP contribution in [0.1, 0.15) is 40.0 Å². The Balaban J connectivity index is 1.20. The third kappa shape index (κ3) is 11.7. The Hall–Kier alpha value is -5.80. The number of ketones is 1. The molecule has 0 aliphatic heterocycles. The lowest BCUT2D eigenvalue weighted by atomic mass is 10.0. The molecule has 0 radical (unpaired) electrons. The Labute approximate surface area is 285 Å². The van der Waals surface area contributed by atoms with Gasteiger partial charge in [-0.1, -0.05) is 61.7 Å². The first-order valence-corrected chi connectivity index (χ1v) is 15.8. The zero-order chi connectivity index (χ0) is 34.8. The van der Waals surface area contributed by atoms with E-state index >= 15 is 0 Å². The fourth-order valence-corrected chi connectivity index (χ4v) is 4.49. The van der Waals surface area contributed by atoms with Gasteiger partial charge in [0.25, 0.3) is 0 Å². The summed E-state index contributed by atoms with van der Waals surface area (Å²) in [4.78, 5) is 47.3. The molecule has 0 aromatic heterocycles. The molecule has 0 aliphatic carbocycles. The number of unbranched alkanes of at least 4 members (excludes halogenated alkanes) is 1. The van der Waals surface area contributed by atoms with Gasteiger partial charge in [-0.15, -0.1) is 0 Å². The molecule has 0 atom stereocenters. The minimum atomic E-state index is -0.470. The number of hydrogen-bond donors (Lipinski definition) is 0. The van der Waals surface area contributed by atoms with Gasteiger partial charge < -0.3 is 23.7 Å². The second kappa shape index (κ2) is 19.1. The molecule has 0 N–H and O–H groups in total. The Kier molecular flexibility index (Phi) is 14.1. The molecule has 0 saturated heterocycles. The van der Waals surface area contributed by atoms with Crippen LogP contribution in [0.4, 0.5) is 0 Å². The maximum atomic E-state index is 12.8. The molecule has 4 rings (SSSR count). The van der Waals surface area contributed by atoms with Crippen molar-refractivity contribution in [3.05, 3.63) is 133 Å². The van der Waals surface area contributed by atoms with Gasteiger partial charge in [-0.3, -0.25) is 4.79 Å². The van der Waals surface area contributed by atoms with Crippen molar-refractivity contribution >= 4 is 23.7 Å². The highest BCUT2D eigenvalue weighted by Crippen LogP contribution is 2.25. The van der Waals surface area contributed by atoms with E-state index in [4.69, 9.17) is 23.7 Å². The van der Waals surface area contributed by atoms with Gasteiger partial charge >= 0.3 is 17.9 Å². The van der Waals surface area contributed by atoms with Crippen molar-refractivity contribution in [1.29, 1.82) is 0 Å². The lowest BCUT2D eigenvalue weighted by Crippen LogP contribution is -2.10. The van der Waals surface area contributed by atoms with E-state index in [1.807, 2.05) is 60.7 Å². The average molecular weight is 663 g/mol. The molecule has 9 heteroatoms. The van der Waals surface area contributed by atoms with E-state index in [0.717, 1.165) is 40.5 Å². The fraction of sp³-hybridized carbons (Fsp3) is 0.200. The van der Waals surface area contributed by atoms with Crippen molar-refractivity contribution in [2.24, 2.45) is 0 Å². The maximum Gasteiger partial charge on any atom is 0.343 e. The Morgan fingerprint density at radius 2 is 1.00 bits per heavy atom. The summed E-state index contributed by atoms with van der Waals surface area (Å²) in [5.74, 6) is -0.386. The smallest absolute Gasteiger partial charge is 0.343 e. The molecule has 0 unspecified atom stereocenters. The van der Waals surface area contributed by atoms with E-state index in [0.29, 0.717) is 49.5 Å². The van der Waals surface area contributed by atoms with Crippen LogP contribution in [-0.2, 0) is 23.8 Å². The van der Waals surface area contributed by atoms with Crippen molar-refractivity contribution in [3.8, 4) is 33.8 Å². The number of carbonyl (C=O) groups is 4. The second-order valence-electron chi connectivity index (χ2n) is 10.7. The van der Waals surface area contributed by atoms with Crippen LogP contribution in [0.25, 0.3) is 22.3 Å². The molecule has 9 nitrogen and oxygen atoms in total. The SMILES string of the molecule is C=CC(=O)COCCCOC(=O)c1ccc(-c2ccc(OC(=O)c3ccc(-c4ccc(OCCCCOC(=O)C=C)cc4)cc3)cc2)cc1. The van der Waals surface area contributed by atoms with E-state index in [1.54, 1.807) is 36.4 Å². The number of ether oxygens (including phenoxy) is 5. The summed E-state index contributed by atoms with van der Waals surface area (Å²) in [6.07, 6.45) is 4.28. The molecular formula is C40H38O9. The molecule has 0 saturated carbocycles. The highest BCUT2D eigenvalue weighted by molar-refractivity contribution is 5.92. The van der Waals surface area contributed by atoms with E-state index in [1.165, 1.54) is 6.08 Å². The van der Waals surface area contributed by atoms with Crippen LogP contribution in [0.5, 0.6) is 11.5 Å². The molecule has 4 aromatic rings. The summed E-state index contributed by atoms with van der Waals surface area (Å²) >= 11 is 0. The lowest BCUT2D eigenvalue weighted by Gasteiger charge is -2.09. The Morgan fingerprint density at radius 1 is 0.510 bits per heavy atom. The first-order chi connectivity index (χ1) is 23.9. The summed E-state index contributed by atoms with van der Waals surface area (Å²) < 4.78 is 26.7. The molecule has 0 heterocycles. The number of benzene rings is 4. The van der Waals surface area contributed by atoms with Crippen molar-refractivity contribution in [1.82, 2.24) is 0 Å². The predicted octanol–water partition coefficient (Wildman–Crippen LogP) is 7.45. The predicted molar refractivity (Wildman–Crippen MR) is 186 cm³/mol. The van der Waals surface area contributed by atoms with Gasteiger partial charge in [-0.2, -0.15) is 0 Å². The molecule has 0 spiro atoms. The number of hydrogen-bond acceptors (Lipinski definition) is 9. The molecule has 0 fully saturated rings. The average Bonchev–Trinajstić information content (AvgIpc) is 3.14. The van der Waals surface area contributed by atoms with Crippen molar-refractivity contribution < 1.29 is 42.9 Å². The van der Waals surface area contributed by atoms with E-state index in [2.05, 4.69) is 13.2 Å². The van der Waals surface area contributed by atoms with Gasteiger partial charge in [0.15, 0.2) is 5.78 Å². The van der Waals surface area contributed by atoms with Crippen LogP contribution in [-0.4, -0.2) is 56.7 Å². The van der Waals surface area contributed by atoms with Crippen LogP contribution in [0.3, 0.4) is 0 Å². The van der Waals surface area contributed by atoms with Crippen molar-refractivity contribution in [2.75, 3.05) is 33.0 Å². The summed E-state index contributed by atoms with van der Waals surface area (Å²) in [6.45, 7) is 8.04. The summed E-state index contributed by atoms with van der Waals surface area (Å²) in [7, 11) is 0. The van der Waals surface area contributed by atoms with E-state index in [9.17, 15) is 19.2 Å². The van der Waals surface area contributed by atoms with E-state index < -0.39 is 17.9 Å². The highest BCUT2D eigenvalue weighted by atomic mass is 16.5. The molecule has 4 aromatic carbocycles. The quantitative estimate of drug-likeness (QED) is 0.0437. The fourth-order valence-electron chi connectivity index (χ4n) is 4.49. The monoisotopic (exact) mass is 662 g/mol. The van der Waals surface area contributed by atoms with Gasteiger partial charge in [0, 0.05) is 12.5 Å². The van der Waals surface area contributed by atoms with Crippen LogP contribution in [0.15, 0.2) is 122 Å². The minimum absolute atomic E-state index is 0.0340. The zero-order valence-electron chi connectivity index (χ0n) is 27.1. The van der Waals surface area contributed by atoms with Crippen LogP contribution in [0.2, 0.25) is 0 Å². The molecular weight excluding hydrogens is 624 g/mol. The summed E-state index contributed by atoms with van der Waals surface area (Å²) in [5, 5.41) is 0. The van der Waals surface area contributed by atoms with Crippen LogP contribution >= 0.6 is 0 Å². The largest absolute Gasteiger partial charge is 0.494 e. The third-order valence-corrected chi connectivity index (χ3v) is 7.18. The second-order valence-corrected chi connectivity index (χ2v) is 10.7. The molecule has 252 valence electrons. The third-order valence-electron chi connectivity index (χ3n) is 7.18. The van der Waals surface area contributed by atoms with Gasteiger partial charge in [0.1, 0.15) is 18.1 Å². The Morgan fingerprint density at radius 3 is 1.55 bits per heavy atom. The first-order valence-electron chi connectivity index (χ1n) is 15.8. The normalized spacial score (nSPS) is 10.4. The lowest BCUT2D eigenvalue weighted by molar-refractivity contribution is -0.137. The summed E-state index contributed by atoms with van der Waals surface area (Å²) in [6, 6.07) is 29.0. The summed E-state index contributed by atoms with van der Waals surface area (Å²) in [5.41, 5.74) is 4.53. The molecule has 0 aliphatic rings. The number of rotatable bonds is 19. The zero-order valence-corrected chi connectivity index (χ0v) is 27.1. The van der Waals surface area contributed by atoms with Gasteiger partial charge in [0.2, 0.25) is 0 Å². The molecule has 49 heavy (non-hydrogen) atoms. The number of carbonyl (C=O) groups excluding carboxylic acids is 4. The van der Waals surface area contributed by atoms with Crippen molar-refractivity contribution in [2.45, 2.75) is 19.3 Å².